The summed E-state index contributed by atoms with van der Waals surface area (Å²) in [6, 6.07) is 4.36. The van der Waals surface area contributed by atoms with Gasteiger partial charge in [-0.25, -0.2) is 8.42 Å². The predicted octanol–water partition coefficient (Wildman–Crippen LogP) is 2.98. The van der Waals surface area contributed by atoms with E-state index in [9.17, 15) is 18.3 Å². The van der Waals surface area contributed by atoms with E-state index in [2.05, 4.69) is 15.9 Å². The number of benzene rings is 1. The number of piperidine rings is 1. The van der Waals surface area contributed by atoms with E-state index in [4.69, 9.17) is 11.6 Å². The van der Waals surface area contributed by atoms with Crippen LogP contribution in [0.2, 0.25) is 5.02 Å². The lowest BCUT2D eigenvalue weighted by Gasteiger charge is -2.36. The topological polar surface area (TPSA) is 74.7 Å². The molecule has 1 unspecified atom stereocenters. The number of carbonyl (C=O) groups is 1. The molecule has 1 N–H and O–H groups in total. The lowest BCUT2D eigenvalue weighted by atomic mass is 9.83. The average Bonchev–Trinajstić information content (AvgIpc) is 2.41. The third kappa shape index (κ3) is 3.26. The summed E-state index contributed by atoms with van der Waals surface area (Å²) in [5.74, 6) is -0.973. The fraction of sp³-hybridized carbons (Fsp3) is 0.462. The minimum absolute atomic E-state index is 0.0229. The van der Waals surface area contributed by atoms with Gasteiger partial charge in [-0.2, -0.15) is 4.31 Å². The summed E-state index contributed by atoms with van der Waals surface area (Å²) in [6.07, 6.45) is 0.995. The van der Waals surface area contributed by atoms with Gasteiger partial charge in [0.05, 0.1) is 15.3 Å². The van der Waals surface area contributed by atoms with Gasteiger partial charge >= 0.3 is 5.97 Å². The molecule has 1 aromatic carbocycles. The maximum atomic E-state index is 12.6. The van der Waals surface area contributed by atoms with Crippen LogP contribution in [0.15, 0.2) is 27.6 Å². The molecule has 21 heavy (non-hydrogen) atoms. The number of carboxylic acid groups (broad SMARTS) is 1. The number of rotatable bonds is 3. The Morgan fingerprint density at radius 2 is 2.14 bits per heavy atom. The molecule has 1 heterocycles. The molecule has 8 heteroatoms. The zero-order chi connectivity index (χ0) is 15.8. The number of nitrogens with zero attached hydrogens (tertiary/aromatic N) is 1. The molecule has 1 aliphatic heterocycles. The van der Waals surface area contributed by atoms with Gasteiger partial charge in [0, 0.05) is 17.6 Å². The molecule has 0 aromatic heterocycles. The third-order valence-electron chi connectivity index (χ3n) is 3.71. The van der Waals surface area contributed by atoms with Gasteiger partial charge in [0.25, 0.3) is 0 Å². The van der Waals surface area contributed by atoms with E-state index in [1.807, 2.05) is 0 Å². The molecule has 0 amide bonds. The summed E-state index contributed by atoms with van der Waals surface area (Å²) in [4.78, 5) is 11.4. The molecule has 1 aliphatic rings. The van der Waals surface area contributed by atoms with Crippen LogP contribution in [0.5, 0.6) is 0 Å². The zero-order valence-electron chi connectivity index (χ0n) is 11.3. The molecule has 0 spiro atoms. The van der Waals surface area contributed by atoms with Crippen LogP contribution in [0.1, 0.15) is 19.8 Å². The van der Waals surface area contributed by atoms with Crippen molar-refractivity contribution in [2.45, 2.75) is 24.7 Å². The number of halogens is 2. The van der Waals surface area contributed by atoms with E-state index < -0.39 is 21.4 Å². The minimum Gasteiger partial charge on any atom is -0.481 e. The second-order valence-corrected chi connectivity index (χ2v) is 8.58. The zero-order valence-corrected chi connectivity index (χ0v) is 14.5. The largest absolute Gasteiger partial charge is 0.481 e. The first-order chi connectivity index (χ1) is 9.67. The molecule has 0 aliphatic carbocycles. The van der Waals surface area contributed by atoms with Crippen LogP contribution in [0, 0.1) is 5.41 Å². The maximum Gasteiger partial charge on any atom is 0.310 e. The van der Waals surface area contributed by atoms with Crippen molar-refractivity contribution in [1.82, 2.24) is 4.31 Å². The van der Waals surface area contributed by atoms with E-state index >= 15 is 0 Å². The first-order valence-corrected chi connectivity index (χ1v) is 8.96. The van der Waals surface area contributed by atoms with Gasteiger partial charge in [-0.1, -0.05) is 11.6 Å². The highest BCUT2D eigenvalue weighted by Gasteiger charge is 2.42. The Morgan fingerprint density at radius 3 is 2.71 bits per heavy atom. The molecule has 2 rings (SSSR count). The Morgan fingerprint density at radius 1 is 1.48 bits per heavy atom. The Balaban J connectivity index is 2.35. The molecular weight excluding hydrogens is 382 g/mol. The molecular formula is C13H15BrClNO4S. The highest BCUT2D eigenvalue weighted by atomic mass is 79.9. The molecule has 1 fully saturated rings. The lowest BCUT2D eigenvalue weighted by molar-refractivity contribution is -0.150. The van der Waals surface area contributed by atoms with E-state index in [0.717, 1.165) is 0 Å². The van der Waals surface area contributed by atoms with Crippen molar-refractivity contribution in [2.24, 2.45) is 5.41 Å². The molecule has 5 nitrogen and oxygen atoms in total. The van der Waals surface area contributed by atoms with E-state index in [-0.39, 0.29) is 11.4 Å². The van der Waals surface area contributed by atoms with Crippen LogP contribution >= 0.6 is 27.5 Å². The summed E-state index contributed by atoms with van der Waals surface area (Å²) in [6.45, 7) is 1.88. The fourth-order valence-corrected chi connectivity index (χ4v) is 4.64. The Kier molecular flexibility index (Phi) is 4.68. The molecule has 0 bridgehead atoms. The van der Waals surface area contributed by atoms with Gasteiger partial charge < -0.3 is 5.11 Å². The number of sulfonamides is 1. The van der Waals surface area contributed by atoms with Crippen LogP contribution in [0.4, 0.5) is 0 Å². The quantitative estimate of drug-likeness (QED) is 0.852. The Hall–Kier alpha value is -0.630. The number of aliphatic carboxylic acids is 1. The summed E-state index contributed by atoms with van der Waals surface area (Å²) in [5, 5.41) is 9.71. The van der Waals surface area contributed by atoms with Crippen molar-refractivity contribution in [1.29, 1.82) is 0 Å². The molecule has 1 aromatic rings. The number of carboxylic acids is 1. The second kappa shape index (κ2) is 5.87. The Bertz CT molecular complexity index is 679. The highest BCUT2D eigenvalue weighted by Crippen LogP contribution is 2.34. The monoisotopic (exact) mass is 395 g/mol. The van der Waals surface area contributed by atoms with Crippen molar-refractivity contribution >= 4 is 43.5 Å². The maximum absolute atomic E-state index is 12.6. The van der Waals surface area contributed by atoms with Gasteiger partial charge in [0.1, 0.15) is 0 Å². The molecule has 1 saturated heterocycles. The Labute approximate surface area is 137 Å². The fourth-order valence-electron chi connectivity index (χ4n) is 2.36. The normalized spacial score (nSPS) is 24.0. The van der Waals surface area contributed by atoms with E-state index in [1.165, 1.54) is 22.5 Å². The van der Waals surface area contributed by atoms with Gasteiger partial charge in [-0.05, 0) is 53.9 Å². The van der Waals surface area contributed by atoms with Crippen LogP contribution < -0.4 is 0 Å². The SMILES string of the molecule is CC1(C(=O)O)CCCN(S(=O)(=O)c2ccc(Cl)c(Br)c2)C1. The molecule has 0 radical (unpaired) electrons. The standard InChI is InChI=1S/C13H15BrClNO4S/c1-13(12(17)18)5-2-6-16(8-13)21(19,20)9-3-4-11(15)10(14)7-9/h3-4,7H,2,5-6,8H2,1H3,(H,17,18). The van der Waals surface area contributed by atoms with Crippen LogP contribution in [0.3, 0.4) is 0 Å². The van der Waals surface area contributed by atoms with Crippen LogP contribution in [-0.2, 0) is 14.8 Å². The van der Waals surface area contributed by atoms with Crippen molar-refractivity contribution in [3.8, 4) is 0 Å². The smallest absolute Gasteiger partial charge is 0.310 e. The third-order valence-corrected chi connectivity index (χ3v) is 6.76. The molecule has 116 valence electrons. The van der Waals surface area contributed by atoms with Gasteiger partial charge in [0.15, 0.2) is 0 Å². The second-order valence-electron chi connectivity index (χ2n) is 5.38. The predicted molar refractivity (Wildman–Crippen MR) is 82.9 cm³/mol. The van der Waals surface area contributed by atoms with E-state index in [1.54, 1.807) is 6.92 Å². The van der Waals surface area contributed by atoms with Crippen LogP contribution in [0.25, 0.3) is 0 Å². The van der Waals surface area contributed by atoms with Crippen LogP contribution in [-0.4, -0.2) is 36.9 Å². The summed E-state index contributed by atoms with van der Waals surface area (Å²) >= 11 is 9.07. The van der Waals surface area contributed by atoms with Crippen molar-refractivity contribution in [3.05, 3.63) is 27.7 Å². The molecule has 1 atom stereocenters. The van der Waals surface area contributed by atoms with Crippen molar-refractivity contribution < 1.29 is 18.3 Å². The van der Waals surface area contributed by atoms with E-state index in [0.29, 0.717) is 28.9 Å². The summed E-state index contributed by atoms with van der Waals surface area (Å²) < 4.78 is 27.0. The van der Waals surface area contributed by atoms with Gasteiger partial charge in [0.2, 0.25) is 10.0 Å². The van der Waals surface area contributed by atoms with Gasteiger partial charge in [-0.15, -0.1) is 0 Å². The first kappa shape index (κ1) is 16.7. The highest BCUT2D eigenvalue weighted by molar-refractivity contribution is 9.10. The summed E-state index contributed by atoms with van der Waals surface area (Å²) in [5.41, 5.74) is -1.05. The summed E-state index contributed by atoms with van der Waals surface area (Å²) in [7, 11) is -3.72. The van der Waals surface area contributed by atoms with Crippen molar-refractivity contribution in [3.63, 3.8) is 0 Å². The average molecular weight is 397 g/mol. The number of hydrogen-bond acceptors (Lipinski definition) is 3. The minimum atomic E-state index is -3.72. The van der Waals surface area contributed by atoms with Crippen molar-refractivity contribution in [2.75, 3.05) is 13.1 Å². The first-order valence-electron chi connectivity index (χ1n) is 6.35. The number of hydrogen-bond donors (Lipinski definition) is 1. The molecule has 0 saturated carbocycles. The lowest BCUT2D eigenvalue weighted by Crippen LogP contribution is -2.48. The van der Waals surface area contributed by atoms with Gasteiger partial charge in [-0.3, -0.25) is 4.79 Å².